The summed E-state index contributed by atoms with van der Waals surface area (Å²) in [5.41, 5.74) is 5.80. The smallest absolute Gasteiger partial charge is 0.223 e. The van der Waals surface area contributed by atoms with Crippen molar-refractivity contribution in [3.63, 3.8) is 0 Å². The number of hydrogen-bond donors (Lipinski definition) is 1. The maximum Gasteiger partial charge on any atom is 0.223 e. The minimum atomic E-state index is -0.489. The Morgan fingerprint density at radius 1 is 1.35 bits per heavy atom. The highest BCUT2D eigenvalue weighted by molar-refractivity contribution is 5.99. The molecule has 0 radical (unpaired) electrons. The van der Waals surface area contributed by atoms with Gasteiger partial charge in [0, 0.05) is 37.5 Å². The van der Waals surface area contributed by atoms with Crippen molar-refractivity contribution in [2.75, 3.05) is 13.6 Å². The first-order valence-electron chi connectivity index (χ1n) is 6.62. The van der Waals surface area contributed by atoms with Gasteiger partial charge in [0.15, 0.2) is 5.78 Å². The number of carbonyl (C=O) groups is 2. The lowest BCUT2D eigenvalue weighted by Gasteiger charge is -2.24. The predicted octanol–water partition coefficient (Wildman–Crippen LogP) is 1.84. The number of hydrogen-bond acceptors (Lipinski definition) is 3. The lowest BCUT2D eigenvalue weighted by Crippen LogP contribution is -2.40. The number of rotatable bonds is 6. The molecule has 0 bridgehead atoms. The Kier molecular flexibility index (Phi) is 5.82. The van der Waals surface area contributed by atoms with Crippen LogP contribution in [-0.4, -0.2) is 36.2 Å². The van der Waals surface area contributed by atoms with E-state index >= 15 is 0 Å². The number of benzene rings is 1. The quantitative estimate of drug-likeness (QED) is 0.809. The van der Waals surface area contributed by atoms with E-state index in [2.05, 4.69) is 0 Å². The summed E-state index contributed by atoms with van der Waals surface area (Å²) >= 11 is 0. The van der Waals surface area contributed by atoms with Crippen molar-refractivity contribution in [2.24, 2.45) is 11.7 Å². The Morgan fingerprint density at radius 3 is 2.55 bits per heavy atom. The minimum absolute atomic E-state index is 0.0704. The molecule has 2 unspecified atom stereocenters. The zero-order chi connectivity index (χ0) is 15.3. The Hall–Kier alpha value is -1.75. The molecule has 2 atom stereocenters. The van der Waals surface area contributed by atoms with Crippen LogP contribution in [0.1, 0.15) is 30.6 Å². The van der Waals surface area contributed by atoms with Gasteiger partial charge in [-0.15, -0.1) is 0 Å². The SMILES string of the molecule is CC(CC(=O)N(C)C(C)CN)C(=O)c1cccc(F)c1. The Balaban J connectivity index is 2.69. The molecule has 1 amide bonds. The molecule has 1 rings (SSSR count). The number of nitrogens with zero attached hydrogens (tertiary/aromatic N) is 1. The zero-order valence-electron chi connectivity index (χ0n) is 12.1. The van der Waals surface area contributed by atoms with Gasteiger partial charge in [0.05, 0.1) is 0 Å². The van der Waals surface area contributed by atoms with Crippen LogP contribution in [0, 0.1) is 11.7 Å². The highest BCUT2D eigenvalue weighted by Crippen LogP contribution is 2.15. The molecule has 0 aliphatic carbocycles. The maximum absolute atomic E-state index is 13.1. The van der Waals surface area contributed by atoms with E-state index in [0.717, 1.165) is 0 Å². The second kappa shape index (κ2) is 7.14. The van der Waals surface area contributed by atoms with E-state index in [1.54, 1.807) is 20.0 Å². The minimum Gasteiger partial charge on any atom is -0.342 e. The van der Waals surface area contributed by atoms with Gasteiger partial charge in [-0.05, 0) is 19.1 Å². The van der Waals surface area contributed by atoms with Gasteiger partial charge in [-0.25, -0.2) is 4.39 Å². The molecule has 0 spiro atoms. The lowest BCUT2D eigenvalue weighted by atomic mass is 9.95. The molecule has 0 aliphatic rings. The number of halogens is 1. The molecule has 110 valence electrons. The molecule has 1 aromatic rings. The Bertz CT molecular complexity index is 491. The van der Waals surface area contributed by atoms with E-state index < -0.39 is 11.7 Å². The van der Waals surface area contributed by atoms with E-state index in [1.807, 2.05) is 6.92 Å². The van der Waals surface area contributed by atoms with E-state index in [-0.39, 0.29) is 24.2 Å². The predicted molar refractivity (Wildman–Crippen MR) is 75.8 cm³/mol. The third-order valence-corrected chi connectivity index (χ3v) is 3.43. The Labute approximate surface area is 118 Å². The summed E-state index contributed by atoms with van der Waals surface area (Å²) in [5, 5.41) is 0. The second-order valence-electron chi connectivity index (χ2n) is 5.07. The summed E-state index contributed by atoms with van der Waals surface area (Å²) in [6.07, 6.45) is 0.0934. The van der Waals surface area contributed by atoms with Gasteiger partial charge in [0.25, 0.3) is 0 Å². The molecule has 5 heteroatoms. The van der Waals surface area contributed by atoms with Crippen LogP contribution in [-0.2, 0) is 4.79 Å². The molecule has 0 saturated heterocycles. The average Bonchev–Trinajstić information content (AvgIpc) is 2.44. The van der Waals surface area contributed by atoms with Crippen LogP contribution in [0.25, 0.3) is 0 Å². The lowest BCUT2D eigenvalue weighted by molar-refractivity contribution is -0.132. The number of ketones is 1. The van der Waals surface area contributed by atoms with Crippen molar-refractivity contribution in [3.8, 4) is 0 Å². The summed E-state index contributed by atoms with van der Waals surface area (Å²) in [6, 6.07) is 5.44. The first kappa shape index (κ1) is 16.3. The first-order chi connectivity index (χ1) is 9.36. The molecule has 0 heterocycles. The maximum atomic E-state index is 13.1. The van der Waals surface area contributed by atoms with Gasteiger partial charge < -0.3 is 10.6 Å². The topological polar surface area (TPSA) is 63.4 Å². The molecule has 2 N–H and O–H groups in total. The number of likely N-dealkylation sites (N-methyl/N-ethyl adjacent to an activating group) is 1. The van der Waals surface area contributed by atoms with E-state index in [4.69, 9.17) is 5.73 Å². The van der Waals surface area contributed by atoms with Gasteiger partial charge in [0.2, 0.25) is 5.91 Å². The summed E-state index contributed by atoms with van der Waals surface area (Å²) in [4.78, 5) is 25.7. The van der Waals surface area contributed by atoms with Crippen molar-refractivity contribution in [2.45, 2.75) is 26.3 Å². The van der Waals surface area contributed by atoms with E-state index in [9.17, 15) is 14.0 Å². The van der Waals surface area contributed by atoms with Gasteiger partial charge in [-0.2, -0.15) is 0 Å². The first-order valence-corrected chi connectivity index (χ1v) is 6.62. The fourth-order valence-corrected chi connectivity index (χ4v) is 1.83. The Morgan fingerprint density at radius 2 is 2.00 bits per heavy atom. The number of nitrogens with two attached hydrogens (primary N) is 1. The van der Waals surface area contributed by atoms with Crippen LogP contribution < -0.4 is 5.73 Å². The van der Waals surface area contributed by atoms with Gasteiger partial charge in [-0.3, -0.25) is 9.59 Å². The van der Waals surface area contributed by atoms with Crippen LogP contribution in [0.3, 0.4) is 0 Å². The molecule has 0 aliphatic heterocycles. The van der Waals surface area contributed by atoms with Crippen molar-refractivity contribution in [1.29, 1.82) is 0 Å². The van der Waals surface area contributed by atoms with E-state index in [0.29, 0.717) is 12.1 Å². The monoisotopic (exact) mass is 280 g/mol. The fourth-order valence-electron chi connectivity index (χ4n) is 1.83. The normalized spacial score (nSPS) is 13.7. The van der Waals surface area contributed by atoms with Crippen LogP contribution >= 0.6 is 0 Å². The number of amides is 1. The summed E-state index contributed by atoms with van der Waals surface area (Å²) in [5.74, 6) is -1.31. The summed E-state index contributed by atoms with van der Waals surface area (Å²) < 4.78 is 13.1. The zero-order valence-corrected chi connectivity index (χ0v) is 12.1. The molecule has 4 nitrogen and oxygen atoms in total. The van der Waals surface area contributed by atoms with Gasteiger partial charge in [-0.1, -0.05) is 19.1 Å². The average molecular weight is 280 g/mol. The summed E-state index contributed by atoms with van der Waals surface area (Å²) in [6.45, 7) is 3.89. The van der Waals surface area contributed by atoms with Crippen LogP contribution in [0.15, 0.2) is 24.3 Å². The van der Waals surface area contributed by atoms with Crippen LogP contribution in [0.2, 0.25) is 0 Å². The van der Waals surface area contributed by atoms with Crippen LogP contribution in [0.4, 0.5) is 4.39 Å². The third-order valence-electron chi connectivity index (χ3n) is 3.43. The highest BCUT2D eigenvalue weighted by atomic mass is 19.1. The number of carbonyl (C=O) groups excluding carboxylic acids is 2. The van der Waals surface area contributed by atoms with Gasteiger partial charge >= 0.3 is 0 Å². The fraction of sp³-hybridized carbons (Fsp3) is 0.467. The highest BCUT2D eigenvalue weighted by Gasteiger charge is 2.22. The molecular formula is C15H21FN2O2. The van der Waals surface area contributed by atoms with Crippen molar-refractivity contribution in [3.05, 3.63) is 35.6 Å². The molecule has 1 aromatic carbocycles. The van der Waals surface area contributed by atoms with Crippen molar-refractivity contribution >= 4 is 11.7 Å². The molecule has 0 aromatic heterocycles. The summed E-state index contributed by atoms with van der Waals surface area (Å²) in [7, 11) is 1.67. The standard InChI is InChI=1S/C15H21FN2O2/c1-10(7-14(19)18(3)11(2)9-17)15(20)12-5-4-6-13(16)8-12/h4-6,8,10-11H,7,9,17H2,1-3H3. The van der Waals surface area contributed by atoms with E-state index in [1.165, 1.54) is 23.1 Å². The molecule has 0 fully saturated rings. The van der Waals surface area contributed by atoms with Gasteiger partial charge in [0.1, 0.15) is 5.82 Å². The molecular weight excluding hydrogens is 259 g/mol. The largest absolute Gasteiger partial charge is 0.342 e. The second-order valence-corrected chi connectivity index (χ2v) is 5.07. The van der Waals surface area contributed by atoms with Crippen molar-refractivity contribution < 1.29 is 14.0 Å². The molecule has 0 saturated carbocycles. The van der Waals surface area contributed by atoms with Crippen molar-refractivity contribution in [1.82, 2.24) is 4.90 Å². The third kappa shape index (κ3) is 4.13. The number of Topliss-reactive ketones (excluding diaryl/α,β-unsaturated/α-hetero) is 1. The van der Waals surface area contributed by atoms with Crippen LogP contribution in [0.5, 0.6) is 0 Å². The molecule has 20 heavy (non-hydrogen) atoms.